The van der Waals surface area contributed by atoms with E-state index in [1.807, 2.05) is 142 Å². The van der Waals surface area contributed by atoms with Crippen LogP contribution >= 0.6 is 0 Å². The number of allylic oxidation sites excluding steroid dienone is 1. The van der Waals surface area contributed by atoms with Gasteiger partial charge in [0, 0.05) is 67.0 Å². The van der Waals surface area contributed by atoms with E-state index in [9.17, 15) is 0 Å². The first-order valence-corrected chi connectivity index (χ1v) is 23.5. The molecule has 5 nitrogen and oxygen atoms in total. The lowest BCUT2D eigenvalue weighted by atomic mass is 9.98. The zero-order chi connectivity index (χ0) is 46.7. The summed E-state index contributed by atoms with van der Waals surface area (Å²) in [5, 5.41) is 1.33. The quantitative estimate of drug-likeness (QED) is 0.150. The lowest BCUT2D eigenvalue weighted by Crippen LogP contribution is -2.05. The molecule has 0 saturated carbocycles. The van der Waals surface area contributed by atoms with E-state index in [-0.39, 0.29) is 0 Å². The number of aryl methyl sites for hydroxylation is 7. The van der Waals surface area contributed by atoms with Crippen molar-refractivity contribution in [2.24, 2.45) is 21.1 Å². The smallest absolute Gasteiger partial charge is 0.137 e. The molecule has 0 aliphatic heterocycles. The van der Waals surface area contributed by atoms with Crippen LogP contribution in [-0.2, 0) is 40.4 Å². The van der Waals surface area contributed by atoms with Gasteiger partial charge < -0.3 is 18.1 Å². The van der Waals surface area contributed by atoms with Gasteiger partial charge in [-0.25, -0.2) is 4.98 Å². The first-order valence-electron chi connectivity index (χ1n) is 23.5. The van der Waals surface area contributed by atoms with Crippen molar-refractivity contribution >= 4 is 22.6 Å². The van der Waals surface area contributed by atoms with Crippen molar-refractivity contribution in [3.63, 3.8) is 0 Å². The van der Waals surface area contributed by atoms with Crippen molar-refractivity contribution < 1.29 is 0 Å². The number of benzene rings is 1. The average Bonchev–Trinajstić information content (AvgIpc) is 4.11. The van der Waals surface area contributed by atoms with E-state index < -0.39 is 0 Å². The van der Waals surface area contributed by atoms with E-state index in [4.69, 9.17) is 0 Å². The van der Waals surface area contributed by atoms with Gasteiger partial charge in [-0.2, -0.15) is 0 Å². The van der Waals surface area contributed by atoms with Gasteiger partial charge in [0.25, 0.3) is 0 Å². The van der Waals surface area contributed by atoms with E-state index in [2.05, 4.69) is 127 Å². The highest BCUT2D eigenvalue weighted by Crippen LogP contribution is 2.24. The normalized spacial score (nSPS) is 10.3. The fourth-order valence-electron chi connectivity index (χ4n) is 6.18. The standard InChI is InChI=1S/C10H15N.C10H11N.C9H10N2.C9H11N.8C2H6/c2*1-8-7-9-5-3-4-6-10(9)11(8)2;1-7-8(2)11-6-4-3-5-9(11)10-7;1-7-6-8-4-3-5-9(8)10(7)2;8*1-2/h7H,3-6H2,1-2H3;3-7H,1-2H3;3-6H,1-2H3;3,5-6H,4H2,1-2H3;8*1-2H3. The van der Waals surface area contributed by atoms with Gasteiger partial charge in [-0.15, -0.1) is 0 Å². The summed E-state index contributed by atoms with van der Waals surface area (Å²) in [6.45, 7) is 42.6. The molecule has 0 spiro atoms. The third-order valence-corrected chi connectivity index (χ3v) is 9.21. The molecule has 0 saturated heterocycles. The molecule has 2 aliphatic rings. The number of fused-ring (bicyclic) bond motifs is 4. The maximum Gasteiger partial charge on any atom is 0.137 e. The Kier molecular flexibility index (Phi) is 39.5. The first-order chi connectivity index (χ1) is 28.7. The molecule has 5 heteroatoms. The maximum absolute atomic E-state index is 4.38. The summed E-state index contributed by atoms with van der Waals surface area (Å²) in [5.41, 5.74) is 14.8. The van der Waals surface area contributed by atoms with Crippen LogP contribution in [0.5, 0.6) is 0 Å². The van der Waals surface area contributed by atoms with Crippen LogP contribution in [-0.4, -0.2) is 23.1 Å². The second kappa shape index (κ2) is 38.0. The molecule has 0 bridgehead atoms. The largest absolute Gasteiger partial charge is 0.352 e. The van der Waals surface area contributed by atoms with Crippen molar-refractivity contribution in [3.05, 3.63) is 124 Å². The van der Waals surface area contributed by atoms with Crippen LogP contribution in [0, 0.1) is 34.6 Å². The summed E-state index contributed by atoms with van der Waals surface area (Å²) in [6.07, 6.45) is 12.9. The third-order valence-electron chi connectivity index (χ3n) is 9.21. The molecule has 6 aromatic rings. The van der Waals surface area contributed by atoms with Gasteiger partial charge in [0.15, 0.2) is 0 Å². The molecular formula is C54H95N5. The number of para-hydroxylation sites is 1. The number of aromatic nitrogens is 5. The Hall–Kier alpha value is -4.25. The minimum atomic E-state index is 1.03. The summed E-state index contributed by atoms with van der Waals surface area (Å²) in [7, 11) is 6.39. The maximum atomic E-state index is 4.38. The molecule has 0 unspecified atom stereocenters. The molecule has 0 N–H and O–H groups in total. The zero-order valence-corrected chi connectivity index (χ0v) is 43.3. The second-order valence-corrected chi connectivity index (χ2v) is 12.0. The zero-order valence-electron chi connectivity index (χ0n) is 43.3. The molecule has 5 heterocycles. The van der Waals surface area contributed by atoms with E-state index in [1.54, 1.807) is 11.3 Å². The Morgan fingerprint density at radius 2 is 1.00 bits per heavy atom. The van der Waals surface area contributed by atoms with Gasteiger partial charge >= 0.3 is 0 Å². The van der Waals surface area contributed by atoms with E-state index in [0.29, 0.717) is 0 Å². The van der Waals surface area contributed by atoms with Crippen LogP contribution in [0.4, 0.5) is 0 Å². The lowest BCUT2D eigenvalue weighted by molar-refractivity contribution is 0.645. The summed E-state index contributed by atoms with van der Waals surface area (Å²) < 4.78 is 8.87. The number of hydrogen-bond donors (Lipinski definition) is 0. The van der Waals surface area contributed by atoms with E-state index >= 15 is 0 Å². The number of rotatable bonds is 0. The molecule has 5 aromatic heterocycles. The Bertz CT molecular complexity index is 1810. The monoisotopic (exact) mass is 814 g/mol. The minimum Gasteiger partial charge on any atom is -0.352 e. The first kappa shape index (κ1) is 61.4. The van der Waals surface area contributed by atoms with E-state index in [0.717, 1.165) is 17.8 Å². The Labute approximate surface area is 367 Å². The van der Waals surface area contributed by atoms with Crippen molar-refractivity contribution in [2.75, 3.05) is 0 Å². The number of imidazole rings is 1. The van der Waals surface area contributed by atoms with Crippen LogP contribution < -0.4 is 0 Å². The Morgan fingerprint density at radius 1 is 0.508 bits per heavy atom. The summed E-state index contributed by atoms with van der Waals surface area (Å²) in [6, 6.07) is 21.3. The van der Waals surface area contributed by atoms with Gasteiger partial charge in [0.05, 0.1) is 5.69 Å². The van der Waals surface area contributed by atoms with Crippen molar-refractivity contribution in [2.45, 2.75) is 178 Å². The predicted molar refractivity (Wildman–Crippen MR) is 273 cm³/mol. The van der Waals surface area contributed by atoms with Gasteiger partial charge in [-0.3, -0.25) is 0 Å². The second-order valence-electron chi connectivity index (χ2n) is 12.0. The molecule has 0 radical (unpaired) electrons. The van der Waals surface area contributed by atoms with Crippen LogP contribution in [0.25, 0.3) is 22.6 Å². The van der Waals surface area contributed by atoms with Crippen LogP contribution in [0.3, 0.4) is 0 Å². The van der Waals surface area contributed by atoms with Crippen LogP contribution in [0.15, 0.2) is 72.9 Å². The highest BCUT2D eigenvalue weighted by Gasteiger charge is 2.13. The predicted octanol–water partition coefficient (Wildman–Crippen LogP) is 16.8. The number of nitrogens with zero attached hydrogens (tertiary/aromatic N) is 5. The SMILES string of the molecule is CC.CC.CC.CC.CC.CC.CC.CC.Cc1cc2c(n1C)C=CC2.Cc1cc2c(n1C)CCCC2.Cc1cc2ccccc2n1C.Cc1nc2ccccn2c1C. The van der Waals surface area contributed by atoms with Crippen molar-refractivity contribution in [1.82, 2.24) is 23.1 Å². The molecule has 59 heavy (non-hydrogen) atoms. The summed E-state index contributed by atoms with van der Waals surface area (Å²) in [4.78, 5) is 4.38. The van der Waals surface area contributed by atoms with Gasteiger partial charge in [0.2, 0.25) is 0 Å². The lowest BCUT2D eigenvalue weighted by Gasteiger charge is -2.12. The van der Waals surface area contributed by atoms with Crippen LogP contribution in [0.1, 0.15) is 175 Å². The molecule has 8 rings (SSSR count). The molecule has 0 amide bonds. The molecule has 0 atom stereocenters. The highest BCUT2D eigenvalue weighted by atomic mass is 15.0. The van der Waals surface area contributed by atoms with Gasteiger partial charge in [-0.05, 0) is 126 Å². The fourth-order valence-corrected chi connectivity index (χ4v) is 6.18. The third kappa shape index (κ3) is 19.1. The van der Waals surface area contributed by atoms with Gasteiger partial charge in [-0.1, -0.05) is 141 Å². The molecular weight excluding hydrogens is 719 g/mol. The number of pyridine rings is 1. The minimum absolute atomic E-state index is 1.03. The van der Waals surface area contributed by atoms with E-state index in [1.165, 1.54) is 70.6 Å². The highest BCUT2D eigenvalue weighted by molar-refractivity contribution is 5.81. The Morgan fingerprint density at radius 3 is 1.53 bits per heavy atom. The topological polar surface area (TPSA) is 32.1 Å². The molecule has 1 aromatic carbocycles. The summed E-state index contributed by atoms with van der Waals surface area (Å²) in [5.74, 6) is 0. The number of hydrogen-bond acceptors (Lipinski definition) is 1. The van der Waals surface area contributed by atoms with Crippen LogP contribution in [0.2, 0.25) is 0 Å². The molecule has 336 valence electrons. The average molecular weight is 814 g/mol. The van der Waals surface area contributed by atoms with Crippen molar-refractivity contribution in [3.8, 4) is 0 Å². The summed E-state index contributed by atoms with van der Waals surface area (Å²) >= 11 is 0. The fraction of sp³-hybridized carbons (Fsp3) is 0.537. The molecule has 2 aliphatic carbocycles. The van der Waals surface area contributed by atoms with Gasteiger partial charge in [0.1, 0.15) is 5.65 Å². The molecule has 0 fully saturated rings. The van der Waals surface area contributed by atoms with Crippen molar-refractivity contribution in [1.29, 1.82) is 0 Å². The Balaban J connectivity index is -0.000000307.